The molecule has 0 fully saturated rings. The van der Waals surface area contributed by atoms with Crippen LogP contribution in [-0.4, -0.2) is 56.9 Å². The number of carbonyl (C=O) groups excluding carboxylic acids is 3. The molecule has 3 amide bonds. The number of hydrogen-bond acceptors (Lipinski definition) is 4. The molecule has 7 nitrogen and oxygen atoms in total. The largest absolute Gasteiger partial charge is 0.358 e. The van der Waals surface area contributed by atoms with Gasteiger partial charge in [-0.3, -0.25) is 19.3 Å². The number of likely N-dealkylation sites (N-methyl/N-ethyl adjacent to an activating group) is 2. The van der Waals surface area contributed by atoms with E-state index in [2.05, 4.69) is 16.0 Å². The molecule has 0 saturated heterocycles. The standard InChI is InChI=1S/C15H22N4O3/c1-16-13(20)8-18-14(21)10-19(3)9-11-4-6-12(7-5-11)15(22)17-2/h4-7H,8-10H2,1-3H3,(H,16,20)(H,17,22)(H,18,21). The zero-order valence-electron chi connectivity index (χ0n) is 13.1. The third-order valence-corrected chi connectivity index (χ3v) is 3.03. The molecule has 7 heteroatoms. The van der Waals surface area contributed by atoms with Crippen molar-refractivity contribution in [2.45, 2.75) is 6.54 Å². The van der Waals surface area contributed by atoms with Crippen LogP contribution in [0.4, 0.5) is 0 Å². The molecule has 1 aromatic carbocycles. The molecular weight excluding hydrogens is 284 g/mol. The van der Waals surface area contributed by atoms with E-state index in [0.29, 0.717) is 12.1 Å². The van der Waals surface area contributed by atoms with Crippen molar-refractivity contribution in [2.75, 3.05) is 34.2 Å². The van der Waals surface area contributed by atoms with Crippen LogP contribution in [0.5, 0.6) is 0 Å². The molecule has 1 aromatic rings. The van der Waals surface area contributed by atoms with E-state index in [4.69, 9.17) is 0 Å². The summed E-state index contributed by atoms with van der Waals surface area (Å²) in [4.78, 5) is 36.0. The Kier molecular flexibility index (Phi) is 7.04. The fourth-order valence-electron chi connectivity index (χ4n) is 1.84. The van der Waals surface area contributed by atoms with Gasteiger partial charge in [-0.2, -0.15) is 0 Å². The SMILES string of the molecule is CNC(=O)CNC(=O)CN(C)Cc1ccc(C(=O)NC)cc1. The number of carbonyl (C=O) groups is 3. The summed E-state index contributed by atoms with van der Waals surface area (Å²) in [5.74, 6) is -0.581. The van der Waals surface area contributed by atoms with E-state index in [1.807, 2.05) is 24.1 Å². The van der Waals surface area contributed by atoms with Gasteiger partial charge in [0.15, 0.2) is 0 Å². The zero-order valence-corrected chi connectivity index (χ0v) is 13.1. The van der Waals surface area contributed by atoms with E-state index in [1.54, 1.807) is 19.2 Å². The van der Waals surface area contributed by atoms with Crippen LogP contribution >= 0.6 is 0 Å². The molecule has 120 valence electrons. The van der Waals surface area contributed by atoms with Crippen molar-refractivity contribution < 1.29 is 14.4 Å². The van der Waals surface area contributed by atoms with Crippen molar-refractivity contribution in [3.05, 3.63) is 35.4 Å². The minimum atomic E-state index is -0.235. The van der Waals surface area contributed by atoms with Gasteiger partial charge in [0.25, 0.3) is 5.91 Å². The molecule has 0 unspecified atom stereocenters. The summed E-state index contributed by atoms with van der Waals surface area (Å²) in [7, 11) is 4.91. The van der Waals surface area contributed by atoms with E-state index < -0.39 is 0 Å². The van der Waals surface area contributed by atoms with Crippen molar-refractivity contribution in [1.29, 1.82) is 0 Å². The summed E-state index contributed by atoms with van der Waals surface area (Å²) in [5.41, 5.74) is 1.59. The Labute approximate surface area is 130 Å². The average Bonchev–Trinajstić information content (AvgIpc) is 2.52. The summed E-state index contributed by atoms with van der Waals surface area (Å²) < 4.78 is 0. The molecule has 0 spiro atoms. The lowest BCUT2D eigenvalue weighted by Crippen LogP contribution is -2.40. The number of amides is 3. The van der Waals surface area contributed by atoms with Crippen LogP contribution in [0.2, 0.25) is 0 Å². The van der Waals surface area contributed by atoms with Crippen molar-refractivity contribution in [3.63, 3.8) is 0 Å². The molecule has 0 bridgehead atoms. The summed E-state index contributed by atoms with van der Waals surface area (Å²) in [6.45, 7) is 0.736. The quantitative estimate of drug-likeness (QED) is 0.624. The van der Waals surface area contributed by atoms with Crippen LogP contribution in [-0.2, 0) is 16.1 Å². The van der Waals surface area contributed by atoms with Crippen molar-refractivity contribution in [1.82, 2.24) is 20.9 Å². The number of nitrogens with zero attached hydrogens (tertiary/aromatic N) is 1. The van der Waals surface area contributed by atoms with Crippen LogP contribution < -0.4 is 16.0 Å². The molecule has 0 heterocycles. The molecule has 1 rings (SSSR count). The molecule has 0 aliphatic heterocycles. The first-order valence-corrected chi connectivity index (χ1v) is 6.93. The fraction of sp³-hybridized carbons (Fsp3) is 0.400. The summed E-state index contributed by atoms with van der Waals surface area (Å²) in [6, 6.07) is 7.19. The lowest BCUT2D eigenvalue weighted by Gasteiger charge is -2.16. The highest BCUT2D eigenvalue weighted by Crippen LogP contribution is 2.06. The fourth-order valence-corrected chi connectivity index (χ4v) is 1.84. The summed E-state index contributed by atoms with van der Waals surface area (Å²) in [6.07, 6.45) is 0. The Hall–Kier alpha value is -2.41. The normalized spacial score (nSPS) is 10.2. The van der Waals surface area contributed by atoms with Gasteiger partial charge in [0.2, 0.25) is 11.8 Å². The van der Waals surface area contributed by atoms with Gasteiger partial charge >= 0.3 is 0 Å². The highest BCUT2D eigenvalue weighted by Gasteiger charge is 2.09. The van der Waals surface area contributed by atoms with E-state index in [9.17, 15) is 14.4 Å². The number of hydrogen-bond donors (Lipinski definition) is 3. The first-order chi connectivity index (χ1) is 10.5. The van der Waals surface area contributed by atoms with E-state index >= 15 is 0 Å². The molecule has 0 radical (unpaired) electrons. The second-order valence-corrected chi connectivity index (χ2v) is 4.90. The van der Waals surface area contributed by atoms with E-state index in [0.717, 1.165) is 5.56 Å². The summed E-state index contributed by atoms with van der Waals surface area (Å²) in [5, 5.41) is 7.53. The maximum atomic E-state index is 11.7. The average molecular weight is 306 g/mol. The highest BCUT2D eigenvalue weighted by molar-refractivity contribution is 5.93. The zero-order chi connectivity index (χ0) is 16.5. The third kappa shape index (κ3) is 5.92. The summed E-state index contributed by atoms with van der Waals surface area (Å²) >= 11 is 0. The van der Waals surface area contributed by atoms with E-state index in [1.165, 1.54) is 7.05 Å². The molecule has 0 aromatic heterocycles. The number of benzene rings is 1. The minimum Gasteiger partial charge on any atom is -0.358 e. The lowest BCUT2D eigenvalue weighted by atomic mass is 10.1. The predicted octanol–water partition coefficient (Wildman–Crippen LogP) is -0.660. The number of nitrogens with one attached hydrogen (secondary N) is 3. The van der Waals surface area contributed by atoms with Crippen molar-refractivity contribution >= 4 is 17.7 Å². The second kappa shape index (κ2) is 8.78. The first-order valence-electron chi connectivity index (χ1n) is 6.93. The highest BCUT2D eigenvalue weighted by atomic mass is 16.2. The number of rotatable bonds is 7. The first kappa shape index (κ1) is 17.6. The second-order valence-electron chi connectivity index (χ2n) is 4.90. The molecule has 0 aliphatic rings. The van der Waals surface area contributed by atoms with Gasteiger partial charge < -0.3 is 16.0 Å². The maximum Gasteiger partial charge on any atom is 0.251 e. The van der Waals surface area contributed by atoms with Gasteiger partial charge in [-0.1, -0.05) is 12.1 Å². The molecule has 0 saturated carbocycles. The van der Waals surface area contributed by atoms with E-state index in [-0.39, 0.29) is 30.8 Å². The topological polar surface area (TPSA) is 90.5 Å². The molecular formula is C15H22N4O3. The van der Waals surface area contributed by atoms with Crippen molar-refractivity contribution in [3.8, 4) is 0 Å². The molecule has 0 atom stereocenters. The molecule has 0 aliphatic carbocycles. The van der Waals surface area contributed by atoms with Gasteiger partial charge in [-0.25, -0.2) is 0 Å². The minimum absolute atomic E-state index is 0.0238. The van der Waals surface area contributed by atoms with Gasteiger partial charge in [0.1, 0.15) is 0 Å². The van der Waals surface area contributed by atoms with Crippen LogP contribution in [0.1, 0.15) is 15.9 Å². The van der Waals surface area contributed by atoms with Crippen LogP contribution in [0, 0.1) is 0 Å². The predicted molar refractivity (Wildman–Crippen MR) is 83.2 cm³/mol. The van der Waals surface area contributed by atoms with Crippen LogP contribution in [0.25, 0.3) is 0 Å². The maximum absolute atomic E-state index is 11.7. The lowest BCUT2D eigenvalue weighted by molar-refractivity contribution is -0.126. The van der Waals surface area contributed by atoms with Gasteiger partial charge in [-0.15, -0.1) is 0 Å². The molecule has 22 heavy (non-hydrogen) atoms. The van der Waals surface area contributed by atoms with Gasteiger partial charge in [-0.05, 0) is 24.7 Å². The van der Waals surface area contributed by atoms with Crippen LogP contribution in [0.3, 0.4) is 0 Å². The molecule has 3 N–H and O–H groups in total. The Morgan fingerprint density at radius 2 is 1.64 bits per heavy atom. The Bertz CT molecular complexity index is 528. The van der Waals surface area contributed by atoms with Gasteiger partial charge in [0, 0.05) is 26.2 Å². The monoisotopic (exact) mass is 306 g/mol. The van der Waals surface area contributed by atoms with Crippen LogP contribution in [0.15, 0.2) is 24.3 Å². The Morgan fingerprint density at radius 3 is 2.18 bits per heavy atom. The smallest absolute Gasteiger partial charge is 0.251 e. The van der Waals surface area contributed by atoms with Crippen molar-refractivity contribution in [2.24, 2.45) is 0 Å². The Morgan fingerprint density at radius 1 is 1.00 bits per heavy atom. The van der Waals surface area contributed by atoms with Gasteiger partial charge in [0.05, 0.1) is 13.1 Å². The third-order valence-electron chi connectivity index (χ3n) is 3.03. The Balaban J connectivity index is 2.44.